The van der Waals surface area contributed by atoms with Crippen molar-refractivity contribution in [1.82, 2.24) is 4.90 Å². The van der Waals surface area contributed by atoms with Crippen LogP contribution in [0.25, 0.3) is 0 Å². The van der Waals surface area contributed by atoms with Gasteiger partial charge in [0, 0.05) is 17.4 Å². The summed E-state index contributed by atoms with van der Waals surface area (Å²) in [7, 11) is 2.20. The van der Waals surface area contributed by atoms with Crippen molar-refractivity contribution in [3.05, 3.63) is 34.9 Å². The molecule has 1 heterocycles. The molecule has 0 unspecified atom stereocenters. The first kappa shape index (κ1) is 16.5. The van der Waals surface area contributed by atoms with Gasteiger partial charge in [-0.25, -0.2) is 0 Å². The second kappa shape index (κ2) is 6.10. The molecule has 4 heteroatoms. The second-order valence-electron chi connectivity index (χ2n) is 8.07. The minimum Gasteiger partial charge on any atom is -0.394 e. The zero-order chi connectivity index (χ0) is 16.9. The molecule has 2 N–H and O–H groups in total. The number of rotatable bonds is 3. The summed E-state index contributed by atoms with van der Waals surface area (Å²) in [5, 5.41) is 20.1. The number of likely N-dealkylation sites (tertiary alicyclic amines) is 1. The van der Waals surface area contributed by atoms with E-state index in [1.807, 2.05) is 0 Å². The Balaban J connectivity index is 1.79. The molecule has 0 amide bonds. The zero-order valence-corrected chi connectivity index (χ0v) is 14.7. The van der Waals surface area contributed by atoms with Crippen molar-refractivity contribution < 1.29 is 14.9 Å². The Labute approximate surface area is 144 Å². The van der Waals surface area contributed by atoms with Gasteiger partial charge in [-0.15, -0.1) is 0 Å². The van der Waals surface area contributed by atoms with E-state index in [4.69, 9.17) is 9.84 Å². The van der Waals surface area contributed by atoms with E-state index in [0.717, 1.165) is 25.8 Å². The van der Waals surface area contributed by atoms with E-state index in [1.54, 1.807) is 0 Å². The number of benzene rings is 1. The Bertz CT molecular complexity index is 619. The molecule has 1 saturated heterocycles. The maximum atomic E-state index is 11.0. The van der Waals surface area contributed by atoms with Crippen molar-refractivity contribution in [2.75, 3.05) is 26.8 Å². The maximum Gasteiger partial charge on any atom is 0.0701 e. The number of piperidine rings is 1. The molecule has 1 aromatic carbocycles. The fourth-order valence-corrected chi connectivity index (χ4v) is 5.73. The van der Waals surface area contributed by atoms with Gasteiger partial charge in [0.1, 0.15) is 0 Å². The Morgan fingerprint density at radius 3 is 3.00 bits per heavy atom. The quantitative estimate of drug-likeness (QED) is 0.884. The monoisotopic (exact) mass is 331 g/mol. The number of likely N-dealkylation sites (N-methyl/N-ethyl adjacent to an activating group) is 1. The third-order valence-electron chi connectivity index (χ3n) is 6.72. The van der Waals surface area contributed by atoms with Crippen LogP contribution in [-0.2, 0) is 16.6 Å². The predicted octanol–water partition coefficient (Wildman–Crippen LogP) is 1.64. The molecule has 1 aliphatic heterocycles. The van der Waals surface area contributed by atoms with E-state index in [-0.39, 0.29) is 24.2 Å². The van der Waals surface area contributed by atoms with Gasteiger partial charge in [-0.3, -0.25) is 0 Å². The van der Waals surface area contributed by atoms with Crippen molar-refractivity contribution in [2.24, 2.45) is 5.92 Å². The fraction of sp³-hybridized carbons (Fsp3) is 0.700. The van der Waals surface area contributed by atoms with Crippen LogP contribution in [0.4, 0.5) is 0 Å². The first-order valence-electron chi connectivity index (χ1n) is 9.26. The normalized spacial score (nSPS) is 38.5. The van der Waals surface area contributed by atoms with Crippen LogP contribution in [0.2, 0.25) is 0 Å². The molecule has 4 nitrogen and oxygen atoms in total. The lowest BCUT2D eigenvalue weighted by molar-refractivity contribution is -0.127. The van der Waals surface area contributed by atoms with Crippen LogP contribution in [0.1, 0.15) is 36.0 Å². The zero-order valence-electron chi connectivity index (χ0n) is 14.7. The number of aliphatic hydroxyl groups excluding tert-OH is 2. The van der Waals surface area contributed by atoms with Crippen LogP contribution in [0.15, 0.2) is 18.2 Å². The molecule has 0 spiro atoms. The van der Waals surface area contributed by atoms with Gasteiger partial charge in [0.15, 0.2) is 0 Å². The lowest BCUT2D eigenvalue weighted by atomic mass is 9.51. The molecule has 132 valence electrons. The van der Waals surface area contributed by atoms with Crippen LogP contribution in [0.3, 0.4) is 0 Å². The summed E-state index contributed by atoms with van der Waals surface area (Å²) in [6.07, 6.45) is 3.49. The molecule has 0 radical (unpaired) electrons. The van der Waals surface area contributed by atoms with Crippen molar-refractivity contribution in [1.29, 1.82) is 0 Å². The van der Waals surface area contributed by atoms with Gasteiger partial charge in [0.25, 0.3) is 0 Å². The predicted molar refractivity (Wildman–Crippen MR) is 93.2 cm³/mol. The van der Waals surface area contributed by atoms with Crippen LogP contribution in [0.5, 0.6) is 0 Å². The average Bonchev–Trinajstić information content (AvgIpc) is 2.57. The van der Waals surface area contributed by atoms with Crippen LogP contribution < -0.4 is 0 Å². The van der Waals surface area contributed by atoms with Gasteiger partial charge < -0.3 is 19.8 Å². The highest BCUT2D eigenvalue weighted by molar-refractivity contribution is 5.44. The van der Waals surface area contributed by atoms with E-state index in [1.165, 1.54) is 16.7 Å². The number of fused-ring (bicyclic) bond motifs is 1. The van der Waals surface area contributed by atoms with Crippen molar-refractivity contribution in [3.8, 4) is 0 Å². The first-order chi connectivity index (χ1) is 11.5. The summed E-state index contributed by atoms with van der Waals surface area (Å²) in [4.78, 5) is 2.45. The van der Waals surface area contributed by atoms with Gasteiger partial charge in [0.2, 0.25) is 0 Å². The molecule has 2 aliphatic carbocycles. The van der Waals surface area contributed by atoms with Crippen LogP contribution in [-0.4, -0.2) is 60.2 Å². The number of hydrogen-bond donors (Lipinski definition) is 2. The lowest BCUT2D eigenvalue weighted by Gasteiger charge is -2.61. The molecular formula is C20H29NO3. The highest BCUT2D eigenvalue weighted by atomic mass is 16.5. The van der Waals surface area contributed by atoms with Gasteiger partial charge >= 0.3 is 0 Å². The van der Waals surface area contributed by atoms with Crippen molar-refractivity contribution in [3.63, 3.8) is 0 Å². The molecule has 2 fully saturated rings. The molecule has 4 rings (SSSR count). The molecule has 24 heavy (non-hydrogen) atoms. The summed E-state index contributed by atoms with van der Waals surface area (Å²) >= 11 is 0. The van der Waals surface area contributed by atoms with Gasteiger partial charge in [-0.05, 0) is 57.3 Å². The minimum absolute atomic E-state index is 0.0224. The molecule has 0 aromatic heterocycles. The number of aryl methyl sites for hydroxylation is 1. The van der Waals surface area contributed by atoms with E-state index in [0.29, 0.717) is 25.0 Å². The maximum absolute atomic E-state index is 11.0. The number of aliphatic hydroxyl groups is 2. The summed E-state index contributed by atoms with van der Waals surface area (Å²) in [6, 6.07) is 7.28. The van der Waals surface area contributed by atoms with Crippen LogP contribution in [0, 0.1) is 12.8 Å². The van der Waals surface area contributed by atoms with Gasteiger partial charge in [0.05, 0.1) is 25.4 Å². The topological polar surface area (TPSA) is 52.9 Å². The third-order valence-corrected chi connectivity index (χ3v) is 6.72. The third kappa shape index (κ3) is 2.43. The van der Waals surface area contributed by atoms with Gasteiger partial charge in [-0.1, -0.05) is 23.8 Å². The Hall–Kier alpha value is -0.940. The summed E-state index contributed by atoms with van der Waals surface area (Å²) in [6.45, 7) is 3.65. The molecule has 2 bridgehead atoms. The van der Waals surface area contributed by atoms with Crippen molar-refractivity contribution in [2.45, 2.75) is 56.3 Å². The smallest absolute Gasteiger partial charge is 0.0701 e. The second-order valence-corrected chi connectivity index (χ2v) is 8.07. The Kier molecular flexibility index (Phi) is 4.20. The Morgan fingerprint density at radius 1 is 1.38 bits per heavy atom. The number of ether oxygens (including phenoxy) is 1. The fourth-order valence-electron chi connectivity index (χ4n) is 5.73. The standard InChI is InChI=1S/C20H29NO3/c1-13-3-4-14-10-17-19-18(23)11-15(24-8-7-22)12-20(19,16(14)9-13)5-6-21(17)2/h3-4,9,15,17-19,22-23H,5-8,10-12H2,1-2H3/t15-,17-,18-,19+,20-/m1/s1. The van der Waals surface area contributed by atoms with E-state index in [2.05, 4.69) is 37.1 Å². The van der Waals surface area contributed by atoms with Gasteiger partial charge in [-0.2, -0.15) is 0 Å². The van der Waals surface area contributed by atoms with E-state index >= 15 is 0 Å². The number of hydrogen-bond acceptors (Lipinski definition) is 4. The molecule has 1 aromatic rings. The molecule has 3 aliphatic rings. The molecule has 1 saturated carbocycles. The van der Waals surface area contributed by atoms with Crippen LogP contribution >= 0.6 is 0 Å². The largest absolute Gasteiger partial charge is 0.394 e. The molecule has 5 atom stereocenters. The highest BCUT2D eigenvalue weighted by Crippen LogP contribution is 2.56. The van der Waals surface area contributed by atoms with Crippen molar-refractivity contribution >= 4 is 0 Å². The SMILES string of the molecule is Cc1ccc2c(c1)[C@]13CCN(C)[C@H](C2)[C@H]1[C@H](O)C[C@@H](OCCO)C3. The number of nitrogens with zero attached hydrogens (tertiary/aromatic N) is 1. The summed E-state index contributed by atoms with van der Waals surface area (Å²) < 4.78 is 5.89. The highest BCUT2D eigenvalue weighted by Gasteiger charge is 2.58. The minimum atomic E-state index is -0.330. The Morgan fingerprint density at radius 2 is 2.21 bits per heavy atom. The van der Waals surface area contributed by atoms with E-state index in [9.17, 15) is 5.11 Å². The first-order valence-corrected chi connectivity index (χ1v) is 9.26. The summed E-state index contributed by atoms with van der Waals surface area (Å²) in [5.41, 5.74) is 4.22. The summed E-state index contributed by atoms with van der Waals surface area (Å²) in [5.74, 6) is 0.291. The lowest BCUT2D eigenvalue weighted by Crippen LogP contribution is -2.65. The van der Waals surface area contributed by atoms with E-state index < -0.39 is 0 Å². The molecular weight excluding hydrogens is 302 g/mol. The average molecular weight is 331 g/mol.